The molecule has 1 rings (SSSR count). The number of halogens is 1. The van der Waals surface area contributed by atoms with E-state index in [1.807, 2.05) is 20.0 Å². The minimum Gasteiger partial charge on any atom is -0.395 e. The topological polar surface area (TPSA) is 35.5 Å². The molecular formula is C14H23BrN2O. The number of aliphatic hydroxyl groups is 1. The molecule has 1 aromatic rings. The molecule has 0 radical (unpaired) electrons. The van der Waals surface area contributed by atoms with E-state index in [1.54, 1.807) is 0 Å². The minimum absolute atomic E-state index is 0.206. The van der Waals surface area contributed by atoms with Crippen molar-refractivity contribution in [1.29, 1.82) is 0 Å². The lowest BCUT2D eigenvalue weighted by atomic mass is 10.0. The Morgan fingerprint density at radius 2 is 2.17 bits per heavy atom. The number of nitrogens with one attached hydrogen (secondary N) is 1. The number of rotatable bonds is 7. The molecule has 2 unspecified atom stereocenters. The van der Waals surface area contributed by atoms with Crippen molar-refractivity contribution in [2.45, 2.75) is 25.4 Å². The fraction of sp³-hybridized carbons (Fsp3) is 0.571. The van der Waals surface area contributed by atoms with Crippen LogP contribution < -0.4 is 5.32 Å². The van der Waals surface area contributed by atoms with Crippen LogP contribution in [0.5, 0.6) is 0 Å². The van der Waals surface area contributed by atoms with Crippen molar-refractivity contribution >= 4 is 15.9 Å². The predicted octanol–water partition coefficient (Wildman–Crippen LogP) is 2.41. The first kappa shape index (κ1) is 15.6. The zero-order valence-corrected chi connectivity index (χ0v) is 12.9. The van der Waals surface area contributed by atoms with Gasteiger partial charge in [-0.3, -0.25) is 0 Å². The van der Waals surface area contributed by atoms with Crippen LogP contribution in [0.25, 0.3) is 0 Å². The van der Waals surface area contributed by atoms with Crippen LogP contribution in [0.4, 0.5) is 0 Å². The van der Waals surface area contributed by atoms with E-state index in [9.17, 15) is 0 Å². The third kappa shape index (κ3) is 4.69. The van der Waals surface area contributed by atoms with E-state index >= 15 is 0 Å². The molecule has 0 aromatic heterocycles. The van der Waals surface area contributed by atoms with Gasteiger partial charge in [0, 0.05) is 23.1 Å². The van der Waals surface area contributed by atoms with E-state index in [-0.39, 0.29) is 12.6 Å². The number of hydrogen-bond donors (Lipinski definition) is 2. The molecule has 0 spiro atoms. The van der Waals surface area contributed by atoms with Gasteiger partial charge in [-0.15, -0.1) is 0 Å². The maximum atomic E-state index is 9.12. The standard InChI is InChI=1S/C14H23BrN2O/c1-11(10-18)17(3)8-7-14(16-2)12-5-4-6-13(15)9-12/h4-6,9,11,14,16,18H,7-8,10H2,1-3H3. The van der Waals surface area contributed by atoms with Gasteiger partial charge in [0.15, 0.2) is 0 Å². The summed E-state index contributed by atoms with van der Waals surface area (Å²) in [4.78, 5) is 2.18. The van der Waals surface area contributed by atoms with Gasteiger partial charge in [0.05, 0.1) is 6.61 Å². The van der Waals surface area contributed by atoms with Crippen LogP contribution >= 0.6 is 15.9 Å². The molecule has 4 heteroatoms. The van der Waals surface area contributed by atoms with Crippen LogP contribution in [0, 0.1) is 0 Å². The van der Waals surface area contributed by atoms with Crippen LogP contribution in [-0.2, 0) is 0 Å². The molecule has 0 saturated heterocycles. The lowest BCUT2D eigenvalue weighted by Crippen LogP contribution is -2.34. The maximum Gasteiger partial charge on any atom is 0.0584 e. The van der Waals surface area contributed by atoms with Crippen LogP contribution in [-0.4, -0.2) is 43.3 Å². The quantitative estimate of drug-likeness (QED) is 0.811. The molecule has 2 atom stereocenters. The number of likely N-dealkylation sites (N-methyl/N-ethyl adjacent to an activating group) is 1. The van der Waals surface area contributed by atoms with Crippen molar-refractivity contribution in [3.8, 4) is 0 Å². The van der Waals surface area contributed by atoms with Crippen molar-refractivity contribution in [3.05, 3.63) is 34.3 Å². The van der Waals surface area contributed by atoms with Crippen molar-refractivity contribution in [1.82, 2.24) is 10.2 Å². The number of benzene rings is 1. The Kier molecular flexibility index (Phi) is 6.86. The van der Waals surface area contributed by atoms with E-state index in [1.165, 1.54) is 5.56 Å². The summed E-state index contributed by atoms with van der Waals surface area (Å²) in [5.74, 6) is 0. The largest absolute Gasteiger partial charge is 0.395 e. The average Bonchev–Trinajstić information content (AvgIpc) is 2.38. The maximum absolute atomic E-state index is 9.12. The van der Waals surface area contributed by atoms with Gasteiger partial charge in [-0.1, -0.05) is 28.1 Å². The molecule has 0 aliphatic rings. The van der Waals surface area contributed by atoms with Crippen molar-refractivity contribution in [2.24, 2.45) is 0 Å². The van der Waals surface area contributed by atoms with Crippen LogP contribution in [0.15, 0.2) is 28.7 Å². The molecule has 1 aromatic carbocycles. The Balaban J connectivity index is 2.57. The monoisotopic (exact) mass is 314 g/mol. The molecule has 0 saturated carbocycles. The average molecular weight is 315 g/mol. The summed E-state index contributed by atoms with van der Waals surface area (Å²) in [5, 5.41) is 12.5. The highest BCUT2D eigenvalue weighted by atomic mass is 79.9. The molecule has 0 fully saturated rings. The van der Waals surface area contributed by atoms with Gasteiger partial charge in [0.25, 0.3) is 0 Å². The van der Waals surface area contributed by atoms with Gasteiger partial charge in [-0.2, -0.15) is 0 Å². The van der Waals surface area contributed by atoms with E-state index in [4.69, 9.17) is 5.11 Å². The van der Waals surface area contributed by atoms with E-state index < -0.39 is 0 Å². The first-order chi connectivity index (χ1) is 8.58. The fourth-order valence-electron chi connectivity index (χ4n) is 1.89. The van der Waals surface area contributed by atoms with Crippen LogP contribution in [0.2, 0.25) is 0 Å². The summed E-state index contributed by atoms with van der Waals surface area (Å²) in [6, 6.07) is 8.94. The molecule has 18 heavy (non-hydrogen) atoms. The zero-order chi connectivity index (χ0) is 13.5. The fourth-order valence-corrected chi connectivity index (χ4v) is 2.31. The highest BCUT2D eigenvalue weighted by Crippen LogP contribution is 2.20. The van der Waals surface area contributed by atoms with Gasteiger partial charge in [-0.25, -0.2) is 0 Å². The van der Waals surface area contributed by atoms with E-state index in [0.29, 0.717) is 6.04 Å². The summed E-state index contributed by atoms with van der Waals surface area (Å²) in [6.07, 6.45) is 1.02. The zero-order valence-electron chi connectivity index (χ0n) is 11.4. The Labute approximate surface area is 118 Å². The summed E-state index contributed by atoms with van der Waals surface area (Å²) in [7, 11) is 4.04. The summed E-state index contributed by atoms with van der Waals surface area (Å²) >= 11 is 3.50. The molecule has 0 aliphatic heterocycles. The normalized spacial score (nSPS) is 14.8. The lowest BCUT2D eigenvalue weighted by Gasteiger charge is -2.25. The number of hydrogen-bond acceptors (Lipinski definition) is 3. The Morgan fingerprint density at radius 1 is 1.44 bits per heavy atom. The van der Waals surface area contributed by atoms with Gasteiger partial charge < -0.3 is 15.3 Å². The molecule has 0 amide bonds. The SMILES string of the molecule is CNC(CCN(C)C(C)CO)c1cccc(Br)c1. The smallest absolute Gasteiger partial charge is 0.0584 e. The van der Waals surface area contributed by atoms with Crippen molar-refractivity contribution in [3.63, 3.8) is 0 Å². The molecule has 0 bridgehead atoms. The Morgan fingerprint density at radius 3 is 2.72 bits per heavy atom. The van der Waals surface area contributed by atoms with Crippen LogP contribution in [0.1, 0.15) is 24.9 Å². The second kappa shape index (κ2) is 7.89. The summed E-state index contributed by atoms with van der Waals surface area (Å²) in [5.41, 5.74) is 1.29. The molecule has 102 valence electrons. The summed E-state index contributed by atoms with van der Waals surface area (Å²) in [6.45, 7) is 3.20. The number of nitrogens with zero attached hydrogens (tertiary/aromatic N) is 1. The van der Waals surface area contributed by atoms with Gasteiger partial charge in [0.2, 0.25) is 0 Å². The lowest BCUT2D eigenvalue weighted by molar-refractivity contribution is 0.154. The van der Waals surface area contributed by atoms with Gasteiger partial charge in [0.1, 0.15) is 0 Å². The first-order valence-corrected chi connectivity index (χ1v) is 7.11. The molecule has 0 aliphatic carbocycles. The van der Waals surface area contributed by atoms with Crippen molar-refractivity contribution < 1.29 is 5.11 Å². The second-order valence-electron chi connectivity index (χ2n) is 4.70. The Hall–Kier alpha value is -0.420. The Bertz CT molecular complexity index is 359. The third-order valence-electron chi connectivity index (χ3n) is 3.39. The number of aliphatic hydroxyl groups excluding tert-OH is 1. The molecule has 2 N–H and O–H groups in total. The summed E-state index contributed by atoms with van der Waals surface area (Å²) < 4.78 is 1.11. The first-order valence-electron chi connectivity index (χ1n) is 6.32. The van der Waals surface area contributed by atoms with Crippen molar-refractivity contribution in [2.75, 3.05) is 27.2 Å². The molecular weight excluding hydrogens is 292 g/mol. The molecule has 3 nitrogen and oxygen atoms in total. The highest BCUT2D eigenvalue weighted by Gasteiger charge is 2.13. The highest BCUT2D eigenvalue weighted by molar-refractivity contribution is 9.10. The minimum atomic E-state index is 0.206. The third-order valence-corrected chi connectivity index (χ3v) is 3.88. The van der Waals surface area contributed by atoms with Crippen LogP contribution in [0.3, 0.4) is 0 Å². The predicted molar refractivity (Wildman–Crippen MR) is 79.7 cm³/mol. The molecule has 0 heterocycles. The van der Waals surface area contributed by atoms with Gasteiger partial charge in [-0.05, 0) is 45.1 Å². The van der Waals surface area contributed by atoms with E-state index in [0.717, 1.165) is 17.4 Å². The second-order valence-corrected chi connectivity index (χ2v) is 5.61. The van der Waals surface area contributed by atoms with E-state index in [2.05, 4.69) is 51.4 Å². The van der Waals surface area contributed by atoms with Gasteiger partial charge >= 0.3 is 0 Å².